The molecule has 0 amide bonds. The van der Waals surface area contributed by atoms with Crippen molar-refractivity contribution >= 4 is 5.57 Å². The molecule has 0 radical (unpaired) electrons. The van der Waals surface area contributed by atoms with Crippen molar-refractivity contribution in [2.45, 2.75) is 44.9 Å². The van der Waals surface area contributed by atoms with Gasteiger partial charge in [-0.3, -0.25) is 4.79 Å². The first-order valence-corrected chi connectivity index (χ1v) is 10.6. The Morgan fingerprint density at radius 2 is 1.85 bits per heavy atom. The van der Waals surface area contributed by atoms with Crippen LogP contribution in [-0.4, -0.2) is 26.0 Å². The van der Waals surface area contributed by atoms with E-state index >= 15 is 0 Å². The minimum absolute atomic E-state index is 0.0291. The molecule has 3 aromatic rings. The minimum Gasteiger partial charge on any atom is -0.420 e. The second kappa shape index (κ2) is 8.29. The van der Waals surface area contributed by atoms with Crippen LogP contribution in [0.1, 0.15) is 60.7 Å². The predicted molar refractivity (Wildman–Crippen MR) is 119 cm³/mol. The van der Waals surface area contributed by atoms with Crippen LogP contribution in [0.4, 0.5) is 13.2 Å². The molecule has 1 aromatic carbocycles. The van der Waals surface area contributed by atoms with Crippen molar-refractivity contribution in [1.29, 1.82) is 0 Å². The van der Waals surface area contributed by atoms with Crippen molar-refractivity contribution in [3.8, 4) is 11.8 Å². The zero-order valence-corrected chi connectivity index (χ0v) is 19.0. The average Bonchev–Trinajstić information content (AvgIpc) is 3.39. The maximum absolute atomic E-state index is 13.9. The summed E-state index contributed by atoms with van der Waals surface area (Å²) >= 11 is 0. The van der Waals surface area contributed by atoms with Crippen LogP contribution in [0.15, 0.2) is 51.3 Å². The largest absolute Gasteiger partial charge is 0.433 e. The molecule has 0 saturated carbocycles. The van der Waals surface area contributed by atoms with Crippen molar-refractivity contribution in [2.75, 3.05) is 0 Å². The fourth-order valence-electron chi connectivity index (χ4n) is 3.91. The number of pyridine rings is 1. The molecule has 1 unspecified atom stereocenters. The molecule has 0 fully saturated rings. The Hall–Kier alpha value is -3.64. The van der Waals surface area contributed by atoms with Crippen LogP contribution in [0, 0.1) is 11.8 Å². The van der Waals surface area contributed by atoms with Crippen LogP contribution >= 0.6 is 0 Å². The standard InChI is InChI=1S/C25H22F3N3O3/c1-14(2)21-29-30-22(34-21)19-15(3)12-18-20(19)16(13-31(4)23(18)32)10-11-24(33,25(26,27)28)17-8-6-5-7-9-17/h5-9,13-14,33H,12H2,1-4H3. The number of fused-ring (bicyclic) bond motifs is 1. The number of halogens is 3. The first kappa shape index (κ1) is 23.5. The molecule has 1 aliphatic rings. The molecular weight excluding hydrogens is 447 g/mol. The molecule has 1 N–H and O–H groups in total. The number of hydrogen-bond donors (Lipinski definition) is 1. The molecule has 1 aliphatic carbocycles. The molecule has 1 atom stereocenters. The summed E-state index contributed by atoms with van der Waals surface area (Å²) in [5.41, 5.74) is -1.99. The highest BCUT2D eigenvalue weighted by Gasteiger charge is 2.54. The van der Waals surface area contributed by atoms with E-state index in [1.165, 1.54) is 29.9 Å². The zero-order valence-electron chi connectivity index (χ0n) is 19.0. The van der Waals surface area contributed by atoms with Gasteiger partial charge in [-0.2, -0.15) is 13.2 Å². The van der Waals surface area contributed by atoms with Crippen LogP contribution < -0.4 is 5.56 Å². The maximum atomic E-state index is 13.9. The van der Waals surface area contributed by atoms with Crippen LogP contribution in [-0.2, 0) is 19.1 Å². The van der Waals surface area contributed by atoms with Gasteiger partial charge in [0.25, 0.3) is 5.56 Å². The summed E-state index contributed by atoms with van der Waals surface area (Å²) in [6, 6.07) is 6.65. The molecule has 0 saturated heterocycles. The van der Waals surface area contributed by atoms with E-state index in [1.54, 1.807) is 13.0 Å². The molecule has 176 valence electrons. The lowest BCUT2D eigenvalue weighted by Crippen LogP contribution is -2.41. The molecule has 34 heavy (non-hydrogen) atoms. The Morgan fingerprint density at radius 3 is 2.44 bits per heavy atom. The van der Waals surface area contributed by atoms with Gasteiger partial charge in [0.2, 0.25) is 17.4 Å². The van der Waals surface area contributed by atoms with Gasteiger partial charge in [-0.1, -0.05) is 55.7 Å². The number of aryl methyl sites for hydroxylation is 1. The predicted octanol–water partition coefficient (Wildman–Crippen LogP) is 4.07. The van der Waals surface area contributed by atoms with Gasteiger partial charge in [-0.25, -0.2) is 0 Å². The minimum atomic E-state index is -5.06. The van der Waals surface area contributed by atoms with Crippen LogP contribution in [0.2, 0.25) is 0 Å². The number of rotatable bonds is 3. The molecule has 9 heteroatoms. The summed E-state index contributed by atoms with van der Waals surface area (Å²) in [5, 5.41) is 18.8. The van der Waals surface area contributed by atoms with E-state index in [0.717, 1.165) is 17.7 Å². The van der Waals surface area contributed by atoms with E-state index in [0.29, 0.717) is 22.6 Å². The van der Waals surface area contributed by atoms with Crippen LogP contribution in [0.3, 0.4) is 0 Å². The van der Waals surface area contributed by atoms with Crippen molar-refractivity contribution in [3.05, 3.63) is 86.5 Å². The van der Waals surface area contributed by atoms with Gasteiger partial charge in [0.15, 0.2) is 0 Å². The summed E-state index contributed by atoms with van der Waals surface area (Å²) in [6.07, 6.45) is -3.43. The summed E-state index contributed by atoms with van der Waals surface area (Å²) in [5.74, 6) is 5.08. The first-order chi connectivity index (χ1) is 15.9. The van der Waals surface area contributed by atoms with E-state index in [1.807, 2.05) is 19.8 Å². The Kier molecular flexibility index (Phi) is 5.74. The fourth-order valence-corrected chi connectivity index (χ4v) is 3.91. The van der Waals surface area contributed by atoms with E-state index in [-0.39, 0.29) is 29.4 Å². The average molecular weight is 469 g/mol. The monoisotopic (exact) mass is 469 g/mol. The van der Waals surface area contributed by atoms with Gasteiger partial charge in [-0.05, 0) is 12.8 Å². The molecule has 4 rings (SSSR count). The van der Waals surface area contributed by atoms with Crippen LogP contribution in [0.5, 0.6) is 0 Å². The molecule has 6 nitrogen and oxygen atoms in total. The highest BCUT2D eigenvalue weighted by atomic mass is 19.4. The van der Waals surface area contributed by atoms with Crippen molar-refractivity contribution < 1.29 is 22.7 Å². The number of aromatic nitrogens is 3. The summed E-state index contributed by atoms with van der Waals surface area (Å²) in [4.78, 5) is 12.8. The number of allylic oxidation sites excluding steroid dienone is 1. The molecule has 2 aromatic heterocycles. The Labute approximate surface area is 193 Å². The molecule has 0 aliphatic heterocycles. The molecule has 2 heterocycles. The third-order valence-corrected chi connectivity index (χ3v) is 5.72. The van der Waals surface area contributed by atoms with Gasteiger partial charge >= 0.3 is 6.18 Å². The lowest BCUT2D eigenvalue weighted by atomic mass is 9.92. The smallest absolute Gasteiger partial charge is 0.420 e. The Morgan fingerprint density at radius 1 is 1.18 bits per heavy atom. The normalized spacial score (nSPS) is 15.2. The quantitative estimate of drug-likeness (QED) is 0.585. The highest BCUT2D eigenvalue weighted by molar-refractivity contribution is 5.86. The van der Waals surface area contributed by atoms with Crippen molar-refractivity contribution in [2.24, 2.45) is 7.05 Å². The number of hydrogen-bond acceptors (Lipinski definition) is 5. The third kappa shape index (κ3) is 3.84. The number of aliphatic hydroxyl groups is 1. The summed E-state index contributed by atoms with van der Waals surface area (Å²) < 4.78 is 48.9. The second-order valence-electron chi connectivity index (χ2n) is 8.57. The fraction of sp³-hybridized carbons (Fsp3) is 0.320. The zero-order chi connectivity index (χ0) is 24.8. The van der Waals surface area contributed by atoms with E-state index < -0.39 is 17.3 Å². The Balaban J connectivity index is 1.93. The topological polar surface area (TPSA) is 81.2 Å². The summed E-state index contributed by atoms with van der Waals surface area (Å²) in [7, 11) is 1.50. The highest BCUT2D eigenvalue weighted by Crippen LogP contribution is 2.40. The number of nitrogens with zero attached hydrogens (tertiary/aromatic N) is 3. The van der Waals surface area contributed by atoms with Gasteiger partial charge in [0, 0.05) is 53.4 Å². The van der Waals surface area contributed by atoms with E-state index in [2.05, 4.69) is 16.1 Å². The van der Waals surface area contributed by atoms with Crippen molar-refractivity contribution in [1.82, 2.24) is 14.8 Å². The number of alkyl halides is 3. The maximum Gasteiger partial charge on any atom is 0.433 e. The van der Waals surface area contributed by atoms with Crippen molar-refractivity contribution in [3.63, 3.8) is 0 Å². The van der Waals surface area contributed by atoms with Gasteiger partial charge in [-0.15, -0.1) is 10.2 Å². The lowest BCUT2D eigenvalue weighted by Gasteiger charge is -2.25. The lowest BCUT2D eigenvalue weighted by molar-refractivity contribution is -0.240. The van der Waals surface area contributed by atoms with E-state index in [9.17, 15) is 23.1 Å². The first-order valence-electron chi connectivity index (χ1n) is 10.6. The van der Waals surface area contributed by atoms with Gasteiger partial charge in [0.05, 0.1) is 0 Å². The SMILES string of the molecule is CC1=C(c2nnc(C(C)C)o2)c2c(C#CC(O)(c3ccccc3)C(F)(F)F)cn(C)c(=O)c2C1. The van der Waals surface area contributed by atoms with Crippen LogP contribution in [0.25, 0.3) is 5.57 Å². The second-order valence-corrected chi connectivity index (χ2v) is 8.57. The summed E-state index contributed by atoms with van der Waals surface area (Å²) in [6.45, 7) is 5.56. The van der Waals surface area contributed by atoms with Gasteiger partial charge in [0.1, 0.15) is 0 Å². The molecular formula is C25H22F3N3O3. The Bertz CT molecular complexity index is 1410. The van der Waals surface area contributed by atoms with E-state index in [4.69, 9.17) is 4.42 Å². The third-order valence-electron chi connectivity index (χ3n) is 5.72. The number of benzene rings is 1. The molecule has 0 spiro atoms. The van der Waals surface area contributed by atoms with Gasteiger partial charge < -0.3 is 14.1 Å². The molecule has 0 bridgehead atoms.